The van der Waals surface area contributed by atoms with Gasteiger partial charge in [-0.3, -0.25) is 4.79 Å². The Morgan fingerprint density at radius 1 is 1.04 bits per heavy atom. The van der Waals surface area contributed by atoms with Crippen molar-refractivity contribution in [3.05, 3.63) is 52.5 Å². The SMILES string of the molecule is CNCCOC(=O)CCOc1ccc(Oc2ccc(Cl)cc2Cl)cc1. The summed E-state index contributed by atoms with van der Waals surface area (Å²) in [5.74, 6) is 1.48. The maximum atomic E-state index is 11.4. The molecule has 0 atom stereocenters. The van der Waals surface area contributed by atoms with Gasteiger partial charge in [0.1, 0.15) is 23.9 Å². The number of hydrogen-bond acceptors (Lipinski definition) is 5. The predicted molar refractivity (Wildman–Crippen MR) is 98.0 cm³/mol. The van der Waals surface area contributed by atoms with Crippen LogP contribution in [0.3, 0.4) is 0 Å². The highest BCUT2D eigenvalue weighted by atomic mass is 35.5. The van der Waals surface area contributed by atoms with Gasteiger partial charge in [0.25, 0.3) is 0 Å². The molecule has 0 amide bonds. The van der Waals surface area contributed by atoms with Gasteiger partial charge in [0.15, 0.2) is 0 Å². The van der Waals surface area contributed by atoms with Crippen LogP contribution >= 0.6 is 23.2 Å². The first kappa shape index (κ1) is 19.4. The van der Waals surface area contributed by atoms with E-state index in [4.69, 9.17) is 37.4 Å². The Bertz CT molecular complexity index is 692. The summed E-state index contributed by atoms with van der Waals surface area (Å²) in [7, 11) is 1.80. The lowest BCUT2D eigenvalue weighted by molar-refractivity contribution is -0.144. The normalized spacial score (nSPS) is 10.4. The van der Waals surface area contributed by atoms with Gasteiger partial charge in [-0.2, -0.15) is 0 Å². The first-order valence-corrected chi connectivity index (χ1v) is 8.50. The summed E-state index contributed by atoms with van der Waals surface area (Å²) in [5.41, 5.74) is 0. The zero-order valence-corrected chi connectivity index (χ0v) is 15.3. The molecule has 2 rings (SSSR count). The molecule has 0 aliphatic heterocycles. The van der Waals surface area contributed by atoms with Crippen LogP contribution in [0.25, 0.3) is 0 Å². The Morgan fingerprint density at radius 2 is 1.76 bits per heavy atom. The van der Waals surface area contributed by atoms with E-state index in [1.165, 1.54) is 0 Å². The molecule has 0 heterocycles. The zero-order valence-electron chi connectivity index (χ0n) is 13.8. The molecule has 2 aromatic carbocycles. The van der Waals surface area contributed by atoms with Gasteiger partial charge in [-0.15, -0.1) is 0 Å². The van der Waals surface area contributed by atoms with Crippen molar-refractivity contribution < 1.29 is 19.0 Å². The Labute approximate surface area is 156 Å². The number of ether oxygens (including phenoxy) is 3. The summed E-state index contributed by atoms with van der Waals surface area (Å²) in [5, 5.41) is 3.88. The molecule has 1 N–H and O–H groups in total. The van der Waals surface area contributed by atoms with E-state index < -0.39 is 0 Å². The summed E-state index contributed by atoms with van der Waals surface area (Å²) < 4.78 is 16.2. The largest absolute Gasteiger partial charge is 0.493 e. The third kappa shape index (κ3) is 6.82. The second kappa shape index (κ2) is 10.1. The quantitative estimate of drug-likeness (QED) is 0.516. The summed E-state index contributed by atoms with van der Waals surface area (Å²) in [6, 6.07) is 12.0. The molecule has 0 unspecified atom stereocenters. The van der Waals surface area contributed by atoms with Crippen LogP contribution in [0, 0.1) is 0 Å². The number of esters is 1. The molecule has 7 heteroatoms. The molecule has 5 nitrogen and oxygen atoms in total. The third-order valence-corrected chi connectivity index (χ3v) is 3.67. The lowest BCUT2D eigenvalue weighted by atomic mass is 10.3. The molecule has 0 aromatic heterocycles. The van der Waals surface area contributed by atoms with E-state index in [1.807, 2.05) is 0 Å². The van der Waals surface area contributed by atoms with Crippen LogP contribution in [-0.2, 0) is 9.53 Å². The van der Waals surface area contributed by atoms with Crippen LogP contribution in [0.4, 0.5) is 0 Å². The average Bonchev–Trinajstić information content (AvgIpc) is 2.59. The molecule has 0 aliphatic carbocycles. The van der Waals surface area contributed by atoms with Crippen molar-refractivity contribution in [1.82, 2.24) is 5.32 Å². The summed E-state index contributed by atoms with van der Waals surface area (Å²) in [4.78, 5) is 11.4. The van der Waals surface area contributed by atoms with Gasteiger partial charge in [0.05, 0.1) is 18.1 Å². The molecule has 0 saturated heterocycles. The van der Waals surface area contributed by atoms with Gasteiger partial charge >= 0.3 is 5.97 Å². The van der Waals surface area contributed by atoms with Crippen LogP contribution in [-0.4, -0.2) is 32.8 Å². The van der Waals surface area contributed by atoms with E-state index in [-0.39, 0.29) is 19.0 Å². The van der Waals surface area contributed by atoms with Crippen molar-refractivity contribution in [2.75, 3.05) is 26.8 Å². The Morgan fingerprint density at radius 3 is 2.44 bits per heavy atom. The highest BCUT2D eigenvalue weighted by Crippen LogP contribution is 2.32. The molecule has 0 radical (unpaired) electrons. The molecule has 25 heavy (non-hydrogen) atoms. The van der Waals surface area contributed by atoms with Gasteiger partial charge in [0.2, 0.25) is 0 Å². The monoisotopic (exact) mass is 383 g/mol. The number of nitrogens with one attached hydrogen (secondary N) is 1. The Balaban J connectivity index is 1.78. The third-order valence-electron chi connectivity index (χ3n) is 3.14. The first-order chi connectivity index (χ1) is 12.1. The van der Waals surface area contributed by atoms with Crippen molar-refractivity contribution in [1.29, 1.82) is 0 Å². The van der Waals surface area contributed by atoms with E-state index in [0.717, 1.165) is 0 Å². The molecule has 0 fully saturated rings. The highest BCUT2D eigenvalue weighted by Gasteiger charge is 2.06. The number of carbonyl (C=O) groups is 1. The van der Waals surface area contributed by atoms with Crippen LogP contribution < -0.4 is 14.8 Å². The number of likely N-dealkylation sites (N-methyl/N-ethyl adjacent to an activating group) is 1. The highest BCUT2D eigenvalue weighted by molar-refractivity contribution is 6.35. The number of carbonyl (C=O) groups excluding carboxylic acids is 1. The van der Waals surface area contributed by atoms with Crippen molar-refractivity contribution in [3.8, 4) is 17.2 Å². The van der Waals surface area contributed by atoms with Crippen molar-refractivity contribution in [3.63, 3.8) is 0 Å². The molecule has 2 aromatic rings. The lowest BCUT2D eigenvalue weighted by Crippen LogP contribution is -2.18. The van der Waals surface area contributed by atoms with Crippen molar-refractivity contribution >= 4 is 29.2 Å². The fraction of sp³-hybridized carbons (Fsp3) is 0.278. The number of halogens is 2. The fourth-order valence-electron chi connectivity index (χ4n) is 1.88. The van der Waals surface area contributed by atoms with E-state index in [9.17, 15) is 4.79 Å². The molecule has 134 valence electrons. The Hall–Kier alpha value is -1.95. The standard InChI is InChI=1S/C18H19Cl2NO4/c1-21-9-11-24-18(22)8-10-23-14-3-5-15(6-4-14)25-17-7-2-13(19)12-16(17)20/h2-7,12,21H,8-11H2,1H3. The summed E-state index contributed by atoms with van der Waals surface area (Å²) in [6.07, 6.45) is 0.197. The number of benzene rings is 2. The minimum absolute atomic E-state index is 0.197. The molecular weight excluding hydrogens is 365 g/mol. The van der Waals surface area contributed by atoms with Gasteiger partial charge < -0.3 is 19.5 Å². The van der Waals surface area contributed by atoms with E-state index in [2.05, 4.69) is 5.32 Å². The Kier molecular flexibility index (Phi) is 7.85. The topological polar surface area (TPSA) is 56.8 Å². The maximum Gasteiger partial charge on any atom is 0.309 e. The fourth-order valence-corrected chi connectivity index (χ4v) is 2.33. The number of hydrogen-bond donors (Lipinski definition) is 1. The van der Waals surface area contributed by atoms with Gasteiger partial charge in [-0.1, -0.05) is 23.2 Å². The minimum atomic E-state index is -0.285. The summed E-state index contributed by atoms with van der Waals surface area (Å²) in [6.45, 7) is 1.24. The first-order valence-electron chi connectivity index (χ1n) is 7.74. The van der Waals surface area contributed by atoms with Crippen molar-refractivity contribution in [2.45, 2.75) is 6.42 Å². The van der Waals surface area contributed by atoms with Gasteiger partial charge in [0, 0.05) is 11.6 Å². The van der Waals surface area contributed by atoms with Crippen LogP contribution in [0.1, 0.15) is 6.42 Å². The predicted octanol–water partition coefficient (Wildman–Crippen LogP) is 4.32. The van der Waals surface area contributed by atoms with E-state index >= 15 is 0 Å². The second-order valence-electron chi connectivity index (χ2n) is 5.07. The van der Waals surface area contributed by atoms with Gasteiger partial charge in [-0.25, -0.2) is 0 Å². The second-order valence-corrected chi connectivity index (χ2v) is 5.91. The van der Waals surface area contributed by atoms with Crippen LogP contribution in [0.15, 0.2) is 42.5 Å². The van der Waals surface area contributed by atoms with E-state index in [0.29, 0.717) is 40.4 Å². The van der Waals surface area contributed by atoms with Crippen LogP contribution in [0.2, 0.25) is 10.0 Å². The van der Waals surface area contributed by atoms with Gasteiger partial charge in [-0.05, 0) is 49.5 Å². The minimum Gasteiger partial charge on any atom is -0.493 e. The lowest BCUT2D eigenvalue weighted by Gasteiger charge is -2.10. The molecular formula is C18H19Cl2NO4. The van der Waals surface area contributed by atoms with E-state index in [1.54, 1.807) is 49.5 Å². The average molecular weight is 384 g/mol. The zero-order chi connectivity index (χ0) is 18.1. The molecule has 0 aliphatic rings. The maximum absolute atomic E-state index is 11.4. The van der Waals surface area contributed by atoms with Crippen LogP contribution in [0.5, 0.6) is 17.2 Å². The molecule has 0 saturated carbocycles. The van der Waals surface area contributed by atoms with Crippen molar-refractivity contribution in [2.24, 2.45) is 0 Å². The smallest absolute Gasteiger partial charge is 0.309 e. The molecule has 0 bridgehead atoms. The number of rotatable bonds is 9. The molecule has 0 spiro atoms. The summed E-state index contributed by atoms with van der Waals surface area (Å²) >= 11 is 11.9.